The lowest BCUT2D eigenvalue weighted by Gasteiger charge is -2.33. The molecule has 2 aromatic rings. The molecule has 1 amide bonds. The first kappa shape index (κ1) is 19.4. The minimum Gasteiger partial charge on any atom is -0.384 e. The van der Waals surface area contributed by atoms with Crippen LogP contribution in [-0.4, -0.2) is 52.9 Å². The largest absolute Gasteiger partial charge is 0.384 e. The summed E-state index contributed by atoms with van der Waals surface area (Å²) in [6.07, 6.45) is 3.18. The summed E-state index contributed by atoms with van der Waals surface area (Å²) < 4.78 is 0. The van der Waals surface area contributed by atoms with Crippen molar-refractivity contribution in [2.45, 2.75) is 19.8 Å². The zero-order valence-corrected chi connectivity index (χ0v) is 16.4. The van der Waals surface area contributed by atoms with Gasteiger partial charge in [0.15, 0.2) is 0 Å². The third-order valence-electron chi connectivity index (χ3n) is 4.79. The van der Waals surface area contributed by atoms with E-state index in [1.54, 1.807) is 31.3 Å². The molecule has 3 rings (SSSR count). The Morgan fingerprint density at radius 3 is 2.50 bits per heavy atom. The van der Waals surface area contributed by atoms with E-state index in [1.165, 1.54) is 0 Å². The summed E-state index contributed by atoms with van der Waals surface area (Å²) in [7, 11) is 3.59. The number of anilines is 3. The van der Waals surface area contributed by atoms with E-state index in [2.05, 4.69) is 31.7 Å². The molecule has 1 aliphatic rings. The van der Waals surface area contributed by atoms with Crippen LogP contribution in [0, 0.1) is 24.7 Å². The summed E-state index contributed by atoms with van der Waals surface area (Å²) >= 11 is 0. The smallest absolute Gasteiger partial charge is 0.225 e. The van der Waals surface area contributed by atoms with Gasteiger partial charge in [-0.2, -0.15) is 4.98 Å². The lowest BCUT2D eigenvalue weighted by atomic mass is 9.95. The highest BCUT2D eigenvalue weighted by molar-refractivity contribution is 5.78. The molecule has 1 saturated heterocycles. The maximum Gasteiger partial charge on any atom is 0.225 e. The van der Waals surface area contributed by atoms with Gasteiger partial charge in [-0.05, 0) is 31.9 Å². The molecule has 0 spiro atoms. The van der Waals surface area contributed by atoms with Crippen molar-refractivity contribution in [1.82, 2.24) is 19.9 Å². The third-order valence-corrected chi connectivity index (χ3v) is 4.79. The average Bonchev–Trinajstić information content (AvgIpc) is 2.67. The number of aromatic nitrogens is 3. The number of hydrogen-bond donors (Lipinski definition) is 2. The highest BCUT2D eigenvalue weighted by atomic mass is 16.2. The molecule has 0 atom stereocenters. The van der Waals surface area contributed by atoms with Crippen molar-refractivity contribution in [3.63, 3.8) is 0 Å². The van der Waals surface area contributed by atoms with E-state index >= 15 is 0 Å². The van der Waals surface area contributed by atoms with Gasteiger partial charge >= 0.3 is 0 Å². The first-order valence-corrected chi connectivity index (χ1v) is 9.19. The highest BCUT2D eigenvalue weighted by Gasteiger charge is 2.28. The SMILES string of the molecule is Cc1nc(N)nc(N2CCC(C(=O)N(C)C)CC2)c1C#Cc1ccc(N)nc1. The Balaban J connectivity index is 1.86. The van der Waals surface area contributed by atoms with E-state index in [9.17, 15) is 4.79 Å². The normalized spacial score (nSPS) is 14.3. The average molecular weight is 379 g/mol. The van der Waals surface area contributed by atoms with Gasteiger partial charge in [0.05, 0.1) is 11.3 Å². The Morgan fingerprint density at radius 2 is 1.89 bits per heavy atom. The summed E-state index contributed by atoms with van der Waals surface area (Å²) in [6.45, 7) is 3.31. The van der Waals surface area contributed by atoms with E-state index in [1.807, 2.05) is 13.0 Å². The maximum atomic E-state index is 12.2. The molecule has 2 aromatic heterocycles. The monoisotopic (exact) mass is 379 g/mol. The second-order valence-electron chi connectivity index (χ2n) is 7.08. The van der Waals surface area contributed by atoms with Gasteiger partial charge < -0.3 is 21.3 Å². The molecule has 0 aromatic carbocycles. The first-order valence-electron chi connectivity index (χ1n) is 9.19. The standard InChI is InChI=1S/C20H25N7O/c1-13-16(6-4-14-5-7-17(21)23-12-14)18(25-20(22)24-13)27-10-8-15(9-11-27)19(28)26(2)3/h5,7,12,15H,8-11H2,1-3H3,(H2,21,23)(H2,22,24,25). The maximum absolute atomic E-state index is 12.2. The van der Waals surface area contributed by atoms with Crippen molar-refractivity contribution in [3.8, 4) is 11.8 Å². The molecule has 3 heterocycles. The predicted octanol–water partition coefficient (Wildman–Crippen LogP) is 1.05. The highest BCUT2D eigenvalue weighted by Crippen LogP contribution is 2.27. The van der Waals surface area contributed by atoms with Crippen molar-refractivity contribution in [2.75, 3.05) is 43.6 Å². The summed E-state index contributed by atoms with van der Waals surface area (Å²) in [5, 5.41) is 0. The van der Waals surface area contributed by atoms with Gasteiger partial charge in [-0.15, -0.1) is 0 Å². The molecule has 1 aliphatic heterocycles. The number of nitrogens with zero attached hydrogens (tertiary/aromatic N) is 5. The van der Waals surface area contributed by atoms with Gasteiger partial charge in [-0.1, -0.05) is 11.8 Å². The van der Waals surface area contributed by atoms with E-state index < -0.39 is 0 Å². The lowest BCUT2D eigenvalue weighted by Crippen LogP contribution is -2.40. The van der Waals surface area contributed by atoms with Crippen LogP contribution in [0.15, 0.2) is 18.3 Å². The molecule has 0 unspecified atom stereocenters. The van der Waals surface area contributed by atoms with Crippen LogP contribution < -0.4 is 16.4 Å². The van der Waals surface area contributed by atoms with Gasteiger partial charge in [0.2, 0.25) is 11.9 Å². The molecule has 8 nitrogen and oxygen atoms in total. The van der Waals surface area contributed by atoms with E-state index in [0.29, 0.717) is 5.82 Å². The molecular formula is C20H25N7O. The Kier molecular flexibility index (Phi) is 5.64. The minimum absolute atomic E-state index is 0.0434. The van der Waals surface area contributed by atoms with Gasteiger partial charge in [0.25, 0.3) is 0 Å². The number of carbonyl (C=O) groups excluding carboxylic acids is 1. The zero-order chi connectivity index (χ0) is 20.3. The Bertz CT molecular complexity index is 920. The Morgan fingerprint density at radius 1 is 1.18 bits per heavy atom. The molecule has 0 radical (unpaired) electrons. The number of piperidine rings is 1. The number of nitrogens with two attached hydrogens (primary N) is 2. The summed E-state index contributed by atoms with van der Waals surface area (Å²) in [5.41, 5.74) is 13.7. The number of rotatable bonds is 2. The van der Waals surface area contributed by atoms with Crippen molar-refractivity contribution >= 4 is 23.5 Å². The van der Waals surface area contributed by atoms with Crippen LogP contribution in [0.3, 0.4) is 0 Å². The number of carbonyl (C=O) groups is 1. The molecule has 146 valence electrons. The van der Waals surface area contributed by atoms with Crippen LogP contribution in [0.2, 0.25) is 0 Å². The summed E-state index contributed by atoms with van der Waals surface area (Å²) in [5.74, 6) is 7.87. The van der Waals surface area contributed by atoms with Gasteiger partial charge in [0, 0.05) is 44.9 Å². The molecule has 0 saturated carbocycles. The summed E-state index contributed by atoms with van der Waals surface area (Å²) in [6, 6.07) is 3.53. The Hall–Kier alpha value is -3.34. The lowest BCUT2D eigenvalue weighted by molar-refractivity contribution is -0.133. The summed E-state index contributed by atoms with van der Waals surface area (Å²) in [4.78, 5) is 28.8. The van der Waals surface area contributed by atoms with Gasteiger partial charge in [-0.3, -0.25) is 4.79 Å². The minimum atomic E-state index is 0.0434. The molecule has 0 aliphatic carbocycles. The molecule has 0 bridgehead atoms. The van der Waals surface area contributed by atoms with Crippen molar-refractivity contribution in [1.29, 1.82) is 0 Å². The van der Waals surface area contributed by atoms with Crippen LogP contribution in [0.25, 0.3) is 0 Å². The number of nitrogen functional groups attached to an aromatic ring is 2. The molecule has 8 heteroatoms. The number of pyridine rings is 1. The van der Waals surface area contributed by atoms with Gasteiger partial charge in [-0.25, -0.2) is 9.97 Å². The van der Waals surface area contributed by atoms with Crippen molar-refractivity contribution in [3.05, 3.63) is 35.2 Å². The van der Waals surface area contributed by atoms with E-state index in [4.69, 9.17) is 11.5 Å². The number of amides is 1. The number of hydrogen-bond acceptors (Lipinski definition) is 7. The number of aryl methyl sites for hydroxylation is 1. The van der Waals surface area contributed by atoms with E-state index in [0.717, 1.165) is 48.6 Å². The predicted molar refractivity (Wildman–Crippen MR) is 109 cm³/mol. The first-order chi connectivity index (χ1) is 13.3. The molecular weight excluding hydrogens is 354 g/mol. The van der Waals surface area contributed by atoms with Crippen LogP contribution >= 0.6 is 0 Å². The molecule has 1 fully saturated rings. The second kappa shape index (κ2) is 8.13. The quantitative estimate of drug-likeness (QED) is 0.750. The van der Waals surface area contributed by atoms with Crippen LogP contribution in [0.4, 0.5) is 17.6 Å². The Labute approximate surface area is 165 Å². The fourth-order valence-electron chi connectivity index (χ4n) is 3.27. The second-order valence-corrected chi connectivity index (χ2v) is 7.08. The zero-order valence-electron chi connectivity index (χ0n) is 16.4. The van der Waals surface area contributed by atoms with Crippen LogP contribution in [0.5, 0.6) is 0 Å². The third kappa shape index (κ3) is 4.31. The van der Waals surface area contributed by atoms with Crippen molar-refractivity contribution in [2.24, 2.45) is 5.92 Å². The fourth-order valence-corrected chi connectivity index (χ4v) is 3.27. The molecule has 4 N–H and O–H groups in total. The van der Waals surface area contributed by atoms with Crippen LogP contribution in [-0.2, 0) is 4.79 Å². The topological polar surface area (TPSA) is 114 Å². The van der Waals surface area contributed by atoms with Crippen molar-refractivity contribution < 1.29 is 4.79 Å². The molecule has 28 heavy (non-hydrogen) atoms. The van der Waals surface area contributed by atoms with Gasteiger partial charge in [0.1, 0.15) is 11.6 Å². The van der Waals surface area contributed by atoms with E-state index in [-0.39, 0.29) is 17.8 Å². The fraction of sp³-hybridized carbons (Fsp3) is 0.400. The van der Waals surface area contributed by atoms with Crippen LogP contribution in [0.1, 0.15) is 29.7 Å².